The van der Waals surface area contributed by atoms with Gasteiger partial charge in [0.2, 0.25) is 0 Å². The van der Waals surface area contributed by atoms with Gasteiger partial charge in [0.1, 0.15) is 5.58 Å². The maximum Gasteiger partial charge on any atom is 0.336 e. The fourth-order valence-corrected chi connectivity index (χ4v) is 2.77. The standard InChI is InChI=1S/C16H20N2O2.ClH/c1-12-3-4-14-13(10-16(19)20-15(14)9-12)11-18-7-2-5-17-6-8-18;/h3-4,9-10,17H,2,5-8,11H2,1H3;1H. The van der Waals surface area contributed by atoms with Gasteiger partial charge in [-0.2, -0.15) is 0 Å². The molecule has 0 spiro atoms. The maximum atomic E-state index is 11.7. The van der Waals surface area contributed by atoms with Crippen molar-refractivity contribution < 1.29 is 4.42 Å². The molecule has 2 heterocycles. The number of aryl methyl sites for hydroxylation is 1. The second-order valence-electron chi connectivity index (χ2n) is 5.47. The van der Waals surface area contributed by atoms with Crippen LogP contribution in [0.25, 0.3) is 11.0 Å². The van der Waals surface area contributed by atoms with E-state index in [4.69, 9.17) is 4.42 Å². The van der Waals surface area contributed by atoms with Gasteiger partial charge in [-0.25, -0.2) is 4.79 Å². The maximum absolute atomic E-state index is 11.7. The first kappa shape index (κ1) is 16.0. The molecular weight excluding hydrogens is 288 g/mol. The fraction of sp³-hybridized carbons (Fsp3) is 0.438. The van der Waals surface area contributed by atoms with Crippen LogP contribution in [0.1, 0.15) is 17.5 Å². The summed E-state index contributed by atoms with van der Waals surface area (Å²) in [6.07, 6.45) is 1.15. The Morgan fingerprint density at radius 1 is 1.24 bits per heavy atom. The van der Waals surface area contributed by atoms with Gasteiger partial charge in [-0.15, -0.1) is 12.4 Å². The fourth-order valence-electron chi connectivity index (χ4n) is 2.77. The zero-order valence-corrected chi connectivity index (χ0v) is 13.0. The van der Waals surface area contributed by atoms with E-state index < -0.39 is 0 Å². The van der Waals surface area contributed by atoms with Crippen LogP contribution in [0, 0.1) is 6.92 Å². The molecule has 4 nitrogen and oxygen atoms in total. The van der Waals surface area contributed by atoms with Crippen LogP contribution in [0.2, 0.25) is 0 Å². The average Bonchev–Trinajstić information content (AvgIpc) is 2.66. The van der Waals surface area contributed by atoms with Crippen molar-refractivity contribution in [3.8, 4) is 0 Å². The average molecular weight is 309 g/mol. The van der Waals surface area contributed by atoms with Crippen molar-refractivity contribution in [1.82, 2.24) is 10.2 Å². The molecule has 1 saturated heterocycles. The van der Waals surface area contributed by atoms with Crippen molar-refractivity contribution in [3.05, 3.63) is 45.8 Å². The molecule has 0 amide bonds. The summed E-state index contributed by atoms with van der Waals surface area (Å²) in [5.74, 6) is 0. The molecule has 2 aromatic rings. The smallest absolute Gasteiger partial charge is 0.336 e. The van der Waals surface area contributed by atoms with E-state index in [1.165, 1.54) is 0 Å². The molecule has 114 valence electrons. The lowest BCUT2D eigenvalue weighted by atomic mass is 10.1. The molecule has 1 aliphatic heterocycles. The molecule has 1 aliphatic rings. The van der Waals surface area contributed by atoms with Crippen LogP contribution < -0.4 is 10.9 Å². The van der Waals surface area contributed by atoms with Crippen LogP contribution in [0.3, 0.4) is 0 Å². The number of nitrogens with zero attached hydrogens (tertiary/aromatic N) is 1. The van der Waals surface area contributed by atoms with Crippen molar-refractivity contribution in [2.45, 2.75) is 19.9 Å². The van der Waals surface area contributed by atoms with Gasteiger partial charge in [-0.1, -0.05) is 12.1 Å². The molecule has 0 atom stereocenters. The van der Waals surface area contributed by atoms with E-state index in [0.717, 1.165) is 55.7 Å². The van der Waals surface area contributed by atoms with Crippen LogP contribution in [-0.2, 0) is 6.54 Å². The van der Waals surface area contributed by atoms with Gasteiger partial charge in [-0.05, 0) is 43.6 Å². The van der Waals surface area contributed by atoms with Crippen molar-refractivity contribution in [2.75, 3.05) is 26.2 Å². The lowest BCUT2D eigenvalue weighted by Gasteiger charge is -2.20. The Morgan fingerprint density at radius 2 is 2.10 bits per heavy atom. The van der Waals surface area contributed by atoms with Crippen molar-refractivity contribution in [2.24, 2.45) is 0 Å². The number of nitrogens with one attached hydrogen (secondary N) is 1. The highest BCUT2D eigenvalue weighted by atomic mass is 35.5. The minimum atomic E-state index is -0.258. The summed E-state index contributed by atoms with van der Waals surface area (Å²) in [7, 11) is 0. The second kappa shape index (κ2) is 7.07. The molecule has 5 heteroatoms. The van der Waals surface area contributed by atoms with E-state index >= 15 is 0 Å². The van der Waals surface area contributed by atoms with E-state index in [0.29, 0.717) is 5.58 Å². The first-order chi connectivity index (χ1) is 9.72. The number of fused-ring (bicyclic) bond motifs is 1. The van der Waals surface area contributed by atoms with Crippen molar-refractivity contribution in [3.63, 3.8) is 0 Å². The number of halogens is 1. The SMILES string of the molecule is Cc1ccc2c(CN3CCCNCC3)cc(=O)oc2c1.Cl. The highest BCUT2D eigenvalue weighted by molar-refractivity contribution is 5.85. The Hall–Kier alpha value is -1.36. The van der Waals surface area contributed by atoms with Gasteiger partial charge in [-0.3, -0.25) is 4.90 Å². The van der Waals surface area contributed by atoms with Gasteiger partial charge in [0.25, 0.3) is 0 Å². The molecule has 0 saturated carbocycles. The summed E-state index contributed by atoms with van der Waals surface area (Å²) in [6.45, 7) is 7.00. The number of benzene rings is 1. The number of hydrogen-bond acceptors (Lipinski definition) is 4. The number of rotatable bonds is 2. The molecule has 1 fully saturated rings. The Balaban J connectivity index is 0.00000161. The van der Waals surface area contributed by atoms with Crippen LogP contribution in [0.4, 0.5) is 0 Å². The predicted octanol–water partition coefficient (Wildman–Crippen LogP) is 2.32. The minimum Gasteiger partial charge on any atom is -0.423 e. The molecule has 3 rings (SSSR count). The summed E-state index contributed by atoms with van der Waals surface area (Å²) in [5.41, 5.74) is 2.61. The zero-order chi connectivity index (χ0) is 13.9. The normalized spacial score (nSPS) is 16.4. The molecule has 1 aromatic heterocycles. The Kier molecular flexibility index (Phi) is 5.39. The Labute approximate surface area is 130 Å². The van der Waals surface area contributed by atoms with E-state index in [1.807, 2.05) is 13.0 Å². The van der Waals surface area contributed by atoms with Crippen LogP contribution in [0.5, 0.6) is 0 Å². The van der Waals surface area contributed by atoms with Gasteiger partial charge < -0.3 is 9.73 Å². The highest BCUT2D eigenvalue weighted by Crippen LogP contribution is 2.20. The topological polar surface area (TPSA) is 45.5 Å². The molecule has 21 heavy (non-hydrogen) atoms. The van der Waals surface area contributed by atoms with Gasteiger partial charge in [0.15, 0.2) is 0 Å². The van der Waals surface area contributed by atoms with Gasteiger partial charge >= 0.3 is 5.63 Å². The van der Waals surface area contributed by atoms with E-state index in [-0.39, 0.29) is 18.0 Å². The van der Waals surface area contributed by atoms with Crippen LogP contribution in [-0.4, -0.2) is 31.1 Å². The molecule has 1 N–H and O–H groups in total. The van der Waals surface area contributed by atoms with Crippen molar-refractivity contribution >= 4 is 23.4 Å². The van der Waals surface area contributed by atoms with E-state index in [9.17, 15) is 4.79 Å². The molecule has 0 bridgehead atoms. The molecule has 0 unspecified atom stereocenters. The Morgan fingerprint density at radius 3 is 2.95 bits per heavy atom. The third-order valence-corrected chi connectivity index (χ3v) is 3.81. The molecule has 0 aliphatic carbocycles. The van der Waals surface area contributed by atoms with E-state index in [1.54, 1.807) is 6.07 Å². The summed E-state index contributed by atoms with van der Waals surface area (Å²) >= 11 is 0. The van der Waals surface area contributed by atoms with Gasteiger partial charge in [0.05, 0.1) is 0 Å². The third kappa shape index (κ3) is 3.84. The summed E-state index contributed by atoms with van der Waals surface area (Å²) in [5, 5.41) is 4.45. The predicted molar refractivity (Wildman–Crippen MR) is 87.2 cm³/mol. The Bertz CT molecular complexity index is 661. The van der Waals surface area contributed by atoms with Crippen LogP contribution >= 0.6 is 12.4 Å². The lowest BCUT2D eigenvalue weighted by Crippen LogP contribution is -2.28. The first-order valence-electron chi connectivity index (χ1n) is 7.19. The quantitative estimate of drug-likeness (QED) is 0.865. The second-order valence-corrected chi connectivity index (χ2v) is 5.47. The van der Waals surface area contributed by atoms with E-state index in [2.05, 4.69) is 22.3 Å². The van der Waals surface area contributed by atoms with Crippen molar-refractivity contribution in [1.29, 1.82) is 0 Å². The molecular formula is C16H21ClN2O2. The number of hydrogen-bond donors (Lipinski definition) is 1. The summed E-state index contributed by atoms with van der Waals surface area (Å²) in [4.78, 5) is 14.1. The first-order valence-corrected chi connectivity index (χ1v) is 7.19. The largest absolute Gasteiger partial charge is 0.423 e. The summed E-state index contributed by atoms with van der Waals surface area (Å²) in [6, 6.07) is 7.69. The van der Waals surface area contributed by atoms with Gasteiger partial charge in [0, 0.05) is 31.1 Å². The lowest BCUT2D eigenvalue weighted by molar-refractivity contribution is 0.285. The minimum absolute atomic E-state index is 0. The zero-order valence-electron chi connectivity index (χ0n) is 12.2. The molecule has 1 aromatic carbocycles. The summed E-state index contributed by atoms with van der Waals surface area (Å²) < 4.78 is 5.31. The molecule has 0 radical (unpaired) electrons. The monoisotopic (exact) mass is 308 g/mol. The highest BCUT2D eigenvalue weighted by Gasteiger charge is 2.12. The van der Waals surface area contributed by atoms with Crippen LogP contribution in [0.15, 0.2) is 33.5 Å². The third-order valence-electron chi connectivity index (χ3n) is 3.81.